The van der Waals surface area contributed by atoms with Gasteiger partial charge in [0.05, 0.1) is 19.5 Å². The number of aromatic amines is 1. The van der Waals surface area contributed by atoms with Crippen LogP contribution in [-0.4, -0.2) is 50.9 Å². The van der Waals surface area contributed by atoms with Gasteiger partial charge >= 0.3 is 0 Å². The van der Waals surface area contributed by atoms with Crippen LogP contribution >= 0.6 is 0 Å². The smallest absolute Gasteiger partial charge is 0.274 e. The number of carbonyl (C=O) groups is 1. The van der Waals surface area contributed by atoms with E-state index in [1.165, 1.54) is 30.5 Å². The number of hydrogen-bond acceptors (Lipinski definition) is 5. The van der Waals surface area contributed by atoms with Crippen LogP contribution in [-0.2, 0) is 0 Å². The van der Waals surface area contributed by atoms with Gasteiger partial charge < -0.3 is 14.6 Å². The SMILES string of the molecule is COc1cnc(C(=O)N2CCC(c3c[nH]c4ncccc34)CC2)cn1. The second-order valence-corrected chi connectivity index (χ2v) is 6.15. The molecule has 0 aromatic carbocycles. The van der Waals surface area contributed by atoms with Crippen LogP contribution in [0.2, 0.25) is 0 Å². The van der Waals surface area contributed by atoms with Crippen molar-refractivity contribution in [3.05, 3.63) is 48.2 Å². The van der Waals surface area contributed by atoms with E-state index in [2.05, 4.69) is 32.2 Å². The molecule has 1 aliphatic rings. The Hall–Kier alpha value is -2.96. The first-order valence-corrected chi connectivity index (χ1v) is 8.33. The second-order valence-electron chi connectivity index (χ2n) is 6.15. The highest BCUT2D eigenvalue weighted by molar-refractivity contribution is 5.92. The fraction of sp³-hybridized carbons (Fsp3) is 0.333. The maximum atomic E-state index is 12.6. The minimum absolute atomic E-state index is 0.0748. The number of nitrogens with one attached hydrogen (secondary N) is 1. The van der Waals surface area contributed by atoms with Gasteiger partial charge in [-0.15, -0.1) is 0 Å². The van der Waals surface area contributed by atoms with E-state index < -0.39 is 0 Å². The standard InChI is InChI=1S/C18H19N5O2/c1-25-16-11-20-15(10-21-16)18(24)23-7-4-12(5-8-23)14-9-22-17-13(14)3-2-6-19-17/h2-3,6,9-12H,4-5,7-8H2,1H3,(H,19,22). The Kier molecular flexibility index (Phi) is 4.05. The number of pyridine rings is 1. The molecule has 0 aliphatic carbocycles. The van der Waals surface area contributed by atoms with E-state index in [1.807, 2.05) is 11.0 Å². The highest BCUT2D eigenvalue weighted by Gasteiger charge is 2.26. The van der Waals surface area contributed by atoms with Crippen molar-refractivity contribution in [3.63, 3.8) is 0 Å². The zero-order chi connectivity index (χ0) is 17.2. The summed E-state index contributed by atoms with van der Waals surface area (Å²) in [6, 6.07) is 4.05. The second kappa shape index (κ2) is 6.51. The van der Waals surface area contributed by atoms with Crippen molar-refractivity contribution in [2.24, 2.45) is 0 Å². The molecule has 1 N–H and O–H groups in total. The summed E-state index contributed by atoms with van der Waals surface area (Å²) in [6.45, 7) is 1.42. The third-order valence-corrected chi connectivity index (χ3v) is 4.76. The molecule has 3 aromatic heterocycles. The average Bonchev–Trinajstić information content (AvgIpc) is 3.12. The maximum Gasteiger partial charge on any atom is 0.274 e. The molecule has 3 aromatic rings. The highest BCUT2D eigenvalue weighted by atomic mass is 16.5. The van der Waals surface area contributed by atoms with Gasteiger partial charge in [0, 0.05) is 30.9 Å². The number of H-pyrrole nitrogens is 1. The molecule has 1 amide bonds. The predicted molar refractivity (Wildman–Crippen MR) is 92.6 cm³/mol. The van der Waals surface area contributed by atoms with Crippen molar-refractivity contribution in [1.29, 1.82) is 0 Å². The van der Waals surface area contributed by atoms with E-state index in [4.69, 9.17) is 4.74 Å². The predicted octanol–water partition coefficient (Wildman–Crippen LogP) is 2.38. The average molecular weight is 337 g/mol. The minimum Gasteiger partial charge on any atom is -0.480 e. The molecule has 4 heterocycles. The number of amides is 1. The molecule has 0 radical (unpaired) electrons. The Balaban J connectivity index is 1.44. The topological polar surface area (TPSA) is 84.0 Å². The third-order valence-electron chi connectivity index (χ3n) is 4.76. The normalized spacial score (nSPS) is 15.5. The lowest BCUT2D eigenvalue weighted by atomic mass is 9.89. The number of fused-ring (bicyclic) bond motifs is 1. The van der Waals surface area contributed by atoms with Gasteiger partial charge in [-0.25, -0.2) is 15.0 Å². The Bertz CT molecular complexity index is 882. The number of methoxy groups -OCH3 is 1. The Morgan fingerprint density at radius 1 is 1.24 bits per heavy atom. The fourth-order valence-electron chi connectivity index (χ4n) is 3.40. The summed E-state index contributed by atoms with van der Waals surface area (Å²) in [7, 11) is 1.52. The van der Waals surface area contributed by atoms with Crippen LogP contribution in [0.4, 0.5) is 0 Å². The maximum absolute atomic E-state index is 12.6. The summed E-state index contributed by atoms with van der Waals surface area (Å²) in [6.07, 6.45) is 8.64. The third kappa shape index (κ3) is 2.93. The van der Waals surface area contributed by atoms with Gasteiger partial charge in [-0.05, 0) is 36.5 Å². The van der Waals surface area contributed by atoms with E-state index in [0.29, 0.717) is 30.6 Å². The van der Waals surface area contributed by atoms with Crippen LogP contribution in [0, 0.1) is 0 Å². The van der Waals surface area contributed by atoms with E-state index in [0.717, 1.165) is 18.5 Å². The number of nitrogens with zero attached hydrogens (tertiary/aromatic N) is 4. The van der Waals surface area contributed by atoms with Gasteiger partial charge in [0.1, 0.15) is 11.3 Å². The molecule has 0 unspecified atom stereocenters. The lowest BCUT2D eigenvalue weighted by Crippen LogP contribution is -2.38. The molecule has 7 heteroatoms. The van der Waals surface area contributed by atoms with Crippen LogP contribution in [0.1, 0.15) is 34.8 Å². The van der Waals surface area contributed by atoms with Crippen LogP contribution in [0.5, 0.6) is 5.88 Å². The van der Waals surface area contributed by atoms with Crippen molar-refractivity contribution in [2.75, 3.05) is 20.2 Å². The van der Waals surface area contributed by atoms with E-state index >= 15 is 0 Å². The number of hydrogen-bond donors (Lipinski definition) is 1. The van der Waals surface area contributed by atoms with Crippen molar-refractivity contribution < 1.29 is 9.53 Å². The summed E-state index contributed by atoms with van der Waals surface area (Å²) in [5, 5.41) is 1.17. The molecular formula is C18H19N5O2. The number of carbonyl (C=O) groups excluding carboxylic acids is 1. The molecule has 0 bridgehead atoms. The van der Waals surface area contributed by atoms with Crippen LogP contribution in [0.15, 0.2) is 36.9 Å². The zero-order valence-corrected chi connectivity index (χ0v) is 14.0. The molecule has 128 valence electrons. The first kappa shape index (κ1) is 15.6. The van der Waals surface area contributed by atoms with Crippen LogP contribution in [0.3, 0.4) is 0 Å². The number of rotatable bonds is 3. The molecule has 0 atom stereocenters. The monoisotopic (exact) mass is 337 g/mol. The molecule has 1 saturated heterocycles. The molecule has 0 spiro atoms. The van der Waals surface area contributed by atoms with Crippen LogP contribution in [0.25, 0.3) is 11.0 Å². The molecule has 4 rings (SSSR count). The molecule has 1 fully saturated rings. The van der Waals surface area contributed by atoms with E-state index in [1.54, 1.807) is 6.20 Å². The van der Waals surface area contributed by atoms with Crippen molar-refractivity contribution in [3.8, 4) is 5.88 Å². The Morgan fingerprint density at radius 3 is 2.80 bits per heavy atom. The number of likely N-dealkylation sites (tertiary alicyclic amines) is 1. The highest BCUT2D eigenvalue weighted by Crippen LogP contribution is 2.32. The number of piperidine rings is 1. The Labute approximate surface area is 145 Å². The van der Waals surface area contributed by atoms with Crippen molar-refractivity contribution in [1.82, 2.24) is 24.8 Å². The van der Waals surface area contributed by atoms with Crippen molar-refractivity contribution in [2.45, 2.75) is 18.8 Å². The first-order valence-electron chi connectivity index (χ1n) is 8.33. The summed E-state index contributed by atoms with van der Waals surface area (Å²) in [4.78, 5) is 30.2. The van der Waals surface area contributed by atoms with Crippen molar-refractivity contribution >= 4 is 16.9 Å². The quantitative estimate of drug-likeness (QED) is 0.793. The molecule has 25 heavy (non-hydrogen) atoms. The first-order chi connectivity index (χ1) is 12.3. The lowest BCUT2D eigenvalue weighted by Gasteiger charge is -2.31. The van der Waals surface area contributed by atoms with Gasteiger partial charge in [-0.1, -0.05) is 0 Å². The van der Waals surface area contributed by atoms with Gasteiger partial charge in [0.2, 0.25) is 5.88 Å². The van der Waals surface area contributed by atoms with E-state index in [-0.39, 0.29) is 5.91 Å². The number of aromatic nitrogens is 4. The minimum atomic E-state index is -0.0748. The largest absolute Gasteiger partial charge is 0.480 e. The Morgan fingerprint density at radius 2 is 2.08 bits per heavy atom. The molecule has 7 nitrogen and oxygen atoms in total. The summed E-state index contributed by atoms with van der Waals surface area (Å²) >= 11 is 0. The van der Waals surface area contributed by atoms with Gasteiger partial charge in [-0.2, -0.15) is 0 Å². The van der Waals surface area contributed by atoms with Gasteiger partial charge in [0.15, 0.2) is 0 Å². The van der Waals surface area contributed by atoms with Gasteiger partial charge in [-0.3, -0.25) is 4.79 Å². The lowest BCUT2D eigenvalue weighted by molar-refractivity contribution is 0.0706. The van der Waals surface area contributed by atoms with Gasteiger partial charge in [0.25, 0.3) is 5.91 Å². The molecular weight excluding hydrogens is 318 g/mol. The summed E-state index contributed by atoms with van der Waals surface area (Å²) in [5.74, 6) is 0.765. The van der Waals surface area contributed by atoms with Crippen LogP contribution < -0.4 is 4.74 Å². The molecule has 0 saturated carbocycles. The summed E-state index contributed by atoms with van der Waals surface area (Å²) < 4.78 is 4.98. The molecule has 1 aliphatic heterocycles. The summed E-state index contributed by atoms with van der Waals surface area (Å²) in [5.41, 5.74) is 2.57. The van der Waals surface area contributed by atoms with E-state index in [9.17, 15) is 4.79 Å². The fourth-order valence-corrected chi connectivity index (χ4v) is 3.40. The number of ether oxygens (including phenoxy) is 1. The zero-order valence-electron chi connectivity index (χ0n) is 14.0.